The molecule has 0 amide bonds. The zero-order valence-corrected chi connectivity index (χ0v) is 11.8. The van der Waals surface area contributed by atoms with E-state index < -0.39 is 0 Å². The fourth-order valence-corrected chi connectivity index (χ4v) is 2.35. The van der Waals surface area contributed by atoms with Gasteiger partial charge in [-0.3, -0.25) is 0 Å². The maximum atomic E-state index is 13.8. The first-order valence-electron chi connectivity index (χ1n) is 6.25. The molecular weight excluding hydrogens is 265 g/mol. The highest BCUT2D eigenvalue weighted by atomic mass is 35.5. The smallest absolute Gasteiger partial charge is 0.126 e. The second-order valence-corrected chi connectivity index (χ2v) is 4.92. The lowest BCUT2D eigenvalue weighted by molar-refractivity contribution is 0.505. The SMILES string of the molecule is CCNC(Cc1cc(Cl)ccc1F)c1cncn1C. The molecule has 0 fully saturated rings. The fourth-order valence-electron chi connectivity index (χ4n) is 2.15. The van der Waals surface area contributed by atoms with Crippen molar-refractivity contribution in [3.63, 3.8) is 0 Å². The number of nitrogens with zero attached hydrogens (tertiary/aromatic N) is 2. The molecular formula is C14H17ClFN3. The third-order valence-electron chi connectivity index (χ3n) is 3.09. The van der Waals surface area contributed by atoms with E-state index in [1.54, 1.807) is 24.7 Å². The average Bonchev–Trinajstić information content (AvgIpc) is 2.79. The van der Waals surface area contributed by atoms with E-state index >= 15 is 0 Å². The van der Waals surface area contributed by atoms with Crippen LogP contribution in [0, 0.1) is 5.82 Å². The molecule has 0 bridgehead atoms. The number of hydrogen-bond acceptors (Lipinski definition) is 2. The first-order valence-corrected chi connectivity index (χ1v) is 6.63. The van der Waals surface area contributed by atoms with Gasteiger partial charge in [-0.1, -0.05) is 18.5 Å². The lowest BCUT2D eigenvalue weighted by atomic mass is 10.0. The number of halogens is 2. The molecule has 1 aromatic carbocycles. The van der Waals surface area contributed by atoms with Crippen LogP contribution < -0.4 is 5.32 Å². The van der Waals surface area contributed by atoms with Crippen LogP contribution in [0.4, 0.5) is 4.39 Å². The normalized spacial score (nSPS) is 12.6. The Bertz CT molecular complexity index is 553. The maximum Gasteiger partial charge on any atom is 0.126 e. The van der Waals surface area contributed by atoms with Crippen molar-refractivity contribution in [1.29, 1.82) is 0 Å². The van der Waals surface area contributed by atoms with Crippen LogP contribution in [0.3, 0.4) is 0 Å². The van der Waals surface area contributed by atoms with Gasteiger partial charge in [0, 0.05) is 18.3 Å². The van der Waals surface area contributed by atoms with E-state index in [0.29, 0.717) is 17.0 Å². The summed E-state index contributed by atoms with van der Waals surface area (Å²) in [5.41, 5.74) is 1.64. The Morgan fingerprint density at radius 3 is 2.89 bits per heavy atom. The van der Waals surface area contributed by atoms with Crippen LogP contribution in [0.2, 0.25) is 5.02 Å². The number of likely N-dealkylation sites (N-methyl/N-ethyl adjacent to an activating group) is 1. The lowest BCUT2D eigenvalue weighted by Crippen LogP contribution is -2.25. The van der Waals surface area contributed by atoms with Gasteiger partial charge in [-0.25, -0.2) is 9.37 Å². The quantitative estimate of drug-likeness (QED) is 0.913. The minimum atomic E-state index is -0.227. The number of hydrogen-bond donors (Lipinski definition) is 1. The molecule has 0 aliphatic carbocycles. The van der Waals surface area contributed by atoms with Crippen LogP contribution in [0.5, 0.6) is 0 Å². The predicted octanol–water partition coefficient (Wildman–Crippen LogP) is 3.11. The molecule has 0 saturated carbocycles. The van der Waals surface area contributed by atoms with Crippen molar-refractivity contribution >= 4 is 11.6 Å². The zero-order valence-electron chi connectivity index (χ0n) is 11.0. The number of imidazole rings is 1. The van der Waals surface area contributed by atoms with Gasteiger partial charge in [0.1, 0.15) is 5.82 Å². The number of benzene rings is 1. The first kappa shape index (κ1) is 14.0. The molecule has 0 spiro atoms. The Labute approximate surface area is 117 Å². The maximum absolute atomic E-state index is 13.8. The third-order valence-corrected chi connectivity index (χ3v) is 3.33. The second kappa shape index (κ2) is 6.17. The monoisotopic (exact) mass is 281 g/mol. The lowest BCUT2D eigenvalue weighted by Gasteiger charge is -2.19. The summed E-state index contributed by atoms with van der Waals surface area (Å²) in [6.45, 7) is 2.83. The van der Waals surface area contributed by atoms with E-state index in [-0.39, 0.29) is 11.9 Å². The highest BCUT2D eigenvalue weighted by molar-refractivity contribution is 6.30. The van der Waals surface area contributed by atoms with Gasteiger partial charge in [-0.2, -0.15) is 0 Å². The number of aryl methyl sites for hydroxylation is 1. The van der Waals surface area contributed by atoms with Gasteiger partial charge in [0.25, 0.3) is 0 Å². The van der Waals surface area contributed by atoms with Crippen LogP contribution >= 0.6 is 11.6 Å². The van der Waals surface area contributed by atoms with Gasteiger partial charge < -0.3 is 9.88 Å². The summed E-state index contributed by atoms with van der Waals surface area (Å²) >= 11 is 5.93. The zero-order chi connectivity index (χ0) is 13.8. The van der Waals surface area contributed by atoms with Crippen molar-refractivity contribution in [1.82, 2.24) is 14.9 Å². The van der Waals surface area contributed by atoms with E-state index in [0.717, 1.165) is 12.2 Å². The molecule has 1 atom stereocenters. The topological polar surface area (TPSA) is 29.9 Å². The predicted molar refractivity (Wildman–Crippen MR) is 74.7 cm³/mol. The number of nitrogens with one attached hydrogen (secondary N) is 1. The standard InChI is InChI=1S/C14H17ClFN3/c1-3-18-13(14-8-17-9-19(14)2)7-10-6-11(15)4-5-12(10)16/h4-6,8-9,13,18H,3,7H2,1-2H3. The van der Waals surface area contributed by atoms with Crippen molar-refractivity contribution in [3.8, 4) is 0 Å². The second-order valence-electron chi connectivity index (χ2n) is 4.48. The van der Waals surface area contributed by atoms with E-state index in [1.165, 1.54) is 6.07 Å². The highest BCUT2D eigenvalue weighted by Gasteiger charge is 2.16. The average molecular weight is 282 g/mol. The van der Waals surface area contributed by atoms with Crippen molar-refractivity contribution in [2.75, 3.05) is 6.54 Å². The van der Waals surface area contributed by atoms with Gasteiger partial charge in [0.2, 0.25) is 0 Å². The van der Waals surface area contributed by atoms with E-state index in [1.807, 2.05) is 18.5 Å². The summed E-state index contributed by atoms with van der Waals surface area (Å²) in [4.78, 5) is 4.11. The van der Waals surface area contributed by atoms with E-state index in [2.05, 4.69) is 10.3 Å². The third kappa shape index (κ3) is 3.33. The van der Waals surface area contributed by atoms with Gasteiger partial charge in [-0.15, -0.1) is 0 Å². The molecule has 1 heterocycles. The molecule has 5 heteroatoms. The van der Waals surface area contributed by atoms with Crippen molar-refractivity contribution < 1.29 is 4.39 Å². The summed E-state index contributed by atoms with van der Waals surface area (Å²) in [6, 6.07) is 4.67. The molecule has 0 aliphatic heterocycles. The molecule has 1 aromatic heterocycles. The van der Waals surface area contributed by atoms with Crippen molar-refractivity contribution in [3.05, 3.63) is 52.8 Å². The molecule has 19 heavy (non-hydrogen) atoms. The summed E-state index contributed by atoms with van der Waals surface area (Å²) in [6.07, 6.45) is 4.09. The molecule has 3 nitrogen and oxygen atoms in total. The summed E-state index contributed by atoms with van der Waals surface area (Å²) in [5.74, 6) is -0.227. The van der Waals surface area contributed by atoms with Crippen molar-refractivity contribution in [2.45, 2.75) is 19.4 Å². The first-order chi connectivity index (χ1) is 9.11. The summed E-state index contributed by atoms with van der Waals surface area (Å²) in [5, 5.41) is 3.90. The molecule has 0 aliphatic rings. The van der Waals surface area contributed by atoms with Crippen LogP contribution in [-0.2, 0) is 13.5 Å². The highest BCUT2D eigenvalue weighted by Crippen LogP contribution is 2.22. The van der Waals surface area contributed by atoms with Gasteiger partial charge >= 0.3 is 0 Å². The molecule has 1 N–H and O–H groups in total. The van der Waals surface area contributed by atoms with Crippen LogP contribution in [0.1, 0.15) is 24.2 Å². The van der Waals surface area contributed by atoms with Crippen LogP contribution in [0.15, 0.2) is 30.7 Å². The molecule has 2 rings (SSSR count). The van der Waals surface area contributed by atoms with Gasteiger partial charge in [0.05, 0.1) is 18.1 Å². The number of rotatable bonds is 5. The van der Waals surface area contributed by atoms with E-state index in [4.69, 9.17) is 11.6 Å². The Kier molecular flexibility index (Phi) is 4.56. The minimum Gasteiger partial charge on any atom is -0.336 e. The molecule has 2 aromatic rings. The fraction of sp³-hybridized carbons (Fsp3) is 0.357. The minimum absolute atomic E-state index is 0.0190. The molecule has 0 radical (unpaired) electrons. The molecule has 1 unspecified atom stereocenters. The Balaban J connectivity index is 2.26. The van der Waals surface area contributed by atoms with E-state index in [9.17, 15) is 4.39 Å². The Hall–Kier alpha value is -1.39. The molecule has 0 saturated heterocycles. The largest absolute Gasteiger partial charge is 0.336 e. The Morgan fingerprint density at radius 2 is 2.26 bits per heavy atom. The van der Waals surface area contributed by atoms with Crippen molar-refractivity contribution in [2.24, 2.45) is 7.05 Å². The van der Waals surface area contributed by atoms with Crippen LogP contribution in [0.25, 0.3) is 0 Å². The summed E-state index contributed by atoms with van der Waals surface area (Å²) < 4.78 is 15.7. The number of aromatic nitrogens is 2. The Morgan fingerprint density at radius 1 is 1.47 bits per heavy atom. The van der Waals surface area contributed by atoms with Gasteiger partial charge in [0.15, 0.2) is 0 Å². The van der Waals surface area contributed by atoms with Crippen LogP contribution in [-0.4, -0.2) is 16.1 Å². The van der Waals surface area contributed by atoms with Gasteiger partial charge in [-0.05, 0) is 36.7 Å². The summed E-state index contributed by atoms with van der Waals surface area (Å²) in [7, 11) is 1.93. The molecule has 102 valence electrons.